The first kappa shape index (κ1) is 96.8. The molecule has 99 heavy (non-hydrogen) atoms. The van der Waals surface area contributed by atoms with Crippen LogP contribution in [-0.2, 0) is 53.6 Å². The number of carbonyl (C=O) groups excluding carboxylic acids is 4. The van der Waals surface area contributed by atoms with Crippen LogP contribution in [0.1, 0.15) is 393 Å². The average Bonchev–Trinajstić information content (AvgIpc) is 0.875. The molecule has 0 spiro atoms. The van der Waals surface area contributed by atoms with E-state index in [4.69, 9.17) is 18.9 Å². The average molecular weight is 1420 g/mol. The molecule has 0 aromatic carbocycles. The highest BCUT2D eigenvalue weighted by atomic mass is 35.5. The molecular formula is C87H150Cl2N2O8. The van der Waals surface area contributed by atoms with Gasteiger partial charge in [-0.25, -0.2) is 4.57 Å². The number of esters is 4. The summed E-state index contributed by atoms with van der Waals surface area (Å²) in [6, 6.07) is 9.48. The quantitative estimate of drug-likeness (QED) is 0.0212. The summed E-state index contributed by atoms with van der Waals surface area (Å²) in [6.07, 6.45) is 89.8. The number of hydrogen-bond donors (Lipinski definition) is 0. The van der Waals surface area contributed by atoms with Gasteiger partial charge in [0.05, 0.1) is 0 Å². The highest BCUT2D eigenvalue weighted by Gasteiger charge is 2.22. The second-order valence-electron chi connectivity index (χ2n) is 27.8. The lowest BCUT2D eigenvalue weighted by Crippen LogP contribution is -3.00. The highest BCUT2D eigenvalue weighted by molar-refractivity contribution is 5.72. The smallest absolute Gasteiger partial charge is 0.311 e. The Morgan fingerprint density at radius 2 is 0.636 bits per heavy atom. The van der Waals surface area contributed by atoms with E-state index in [-0.39, 0.29) is 61.9 Å². The van der Waals surface area contributed by atoms with Crippen LogP contribution in [0.2, 0.25) is 0 Å². The molecule has 2 rings (SSSR count). The second kappa shape index (κ2) is 77.9. The van der Waals surface area contributed by atoms with Gasteiger partial charge in [0.25, 0.3) is 5.69 Å². The van der Waals surface area contributed by atoms with Gasteiger partial charge in [-0.3, -0.25) is 19.2 Å². The van der Waals surface area contributed by atoms with Crippen LogP contribution in [-0.4, -0.2) is 36.6 Å². The summed E-state index contributed by atoms with van der Waals surface area (Å²) < 4.78 is 26.5. The number of rotatable bonds is 68. The number of aromatic nitrogens is 2. The normalized spacial score (nSPS) is 11.6. The van der Waals surface area contributed by atoms with E-state index < -0.39 is 6.10 Å². The third-order valence-electron chi connectivity index (χ3n) is 18.4. The highest BCUT2D eigenvalue weighted by Crippen LogP contribution is 2.20. The standard InChI is InChI=1S/C44H76NO4.C43H74NO4.2ClH/c1-3-5-7-9-11-13-15-17-19-21-23-25-27-29-32-36-43(46)48-41-42(40-45-38-34-31-35-39-45)49-44(47)37-33-30-28-26-24-22-20-18-16-14-12-10-8-6-4-2;1-4-6-8-10-12-14-16-18-20-22-24-26-28-30-32-36-42(45)47-39-40-41(35-34-38-44(40)3)48-43(46)37-33-31-29-27-25-23-21-19-17-15-13-11-9-7-5-2;;/h17-20,31,34-35,38-39,42H,3-16,21-30,32-33,36-37,40-41H2,1-2H3;18-21,34-35,38H,4-17,22-33,36-37,39H2,1-3H3;2*1H/q2*+1;;/p-2/b19-17-,20-18-;20-18-,21-19-;;. The lowest BCUT2D eigenvalue weighted by molar-refractivity contribution is -0.703. The number of carbonyl (C=O) groups is 4. The fourth-order valence-electron chi connectivity index (χ4n) is 12.1. The number of aryl methyl sites for hydroxylation is 1. The minimum Gasteiger partial charge on any atom is -1.00 e. The van der Waals surface area contributed by atoms with Crippen LogP contribution in [0.4, 0.5) is 0 Å². The first-order valence-electron chi connectivity index (χ1n) is 41.0. The lowest BCUT2D eigenvalue weighted by atomic mass is 10.1. The predicted molar refractivity (Wildman–Crippen MR) is 408 cm³/mol. The second-order valence-corrected chi connectivity index (χ2v) is 27.8. The topological polar surface area (TPSA) is 113 Å². The Labute approximate surface area is 621 Å². The van der Waals surface area contributed by atoms with Gasteiger partial charge in [0.2, 0.25) is 5.75 Å². The number of ether oxygens (including phenoxy) is 4. The molecule has 0 bridgehead atoms. The van der Waals surface area contributed by atoms with Gasteiger partial charge >= 0.3 is 23.9 Å². The van der Waals surface area contributed by atoms with Gasteiger partial charge in [-0.1, -0.05) is 288 Å². The Balaban J connectivity index is 0. The van der Waals surface area contributed by atoms with Crippen LogP contribution < -0.4 is 38.7 Å². The van der Waals surface area contributed by atoms with E-state index in [0.29, 0.717) is 43.7 Å². The number of unbranched alkanes of at least 4 members (excludes halogenated alkanes) is 44. The van der Waals surface area contributed by atoms with Crippen LogP contribution in [0.15, 0.2) is 97.5 Å². The van der Waals surface area contributed by atoms with Gasteiger partial charge in [0.1, 0.15) is 13.7 Å². The molecule has 12 heteroatoms. The van der Waals surface area contributed by atoms with Crippen LogP contribution >= 0.6 is 0 Å². The van der Waals surface area contributed by atoms with Gasteiger partial charge in [-0.05, 0) is 134 Å². The zero-order chi connectivity index (χ0) is 70.1. The monoisotopic (exact) mass is 1420 g/mol. The molecule has 0 aliphatic heterocycles. The maximum Gasteiger partial charge on any atom is 0.311 e. The maximum atomic E-state index is 12.7. The summed E-state index contributed by atoms with van der Waals surface area (Å²) in [7, 11) is 1.88. The number of nitrogens with zero attached hydrogens (tertiary/aromatic N) is 2. The molecule has 0 saturated heterocycles. The van der Waals surface area contributed by atoms with Crippen molar-refractivity contribution in [3.63, 3.8) is 0 Å². The lowest BCUT2D eigenvalue weighted by Gasteiger charge is -2.16. The molecule has 10 nitrogen and oxygen atoms in total. The summed E-state index contributed by atoms with van der Waals surface area (Å²) in [5.74, 6) is -0.338. The van der Waals surface area contributed by atoms with Gasteiger partial charge in [0, 0.05) is 43.9 Å². The van der Waals surface area contributed by atoms with Crippen molar-refractivity contribution in [1.29, 1.82) is 0 Å². The van der Waals surface area contributed by atoms with Gasteiger partial charge < -0.3 is 43.8 Å². The molecule has 0 N–H and O–H groups in total. The molecule has 0 aliphatic rings. The van der Waals surface area contributed by atoms with Crippen molar-refractivity contribution in [2.75, 3.05) is 6.61 Å². The molecule has 1 atom stereocenters. The van der Waals surface area contributed by atoms with Crippen molar-refractivity contribution >= 4 is 23.9 Å². The Morgan fingerprint density at radius 3 is 0.980 bits per heavy atom. The van der Waals surface area contributed by atoms with Crippen molar-refractivity contribution in [3.05, 3.63) is 103 Å². The van der Waals surface area contributed by atoms with E-state index in [1.807, 2.05) is 59.0 Å². The fourth-order valence-corrected chi connectivity index (χ4v) is 12.1. The zero-order valence-corrected chi connectivity index (χ0v) is 66.0. The summed E-state index contributed by atoms with van der Waals surface area (Å²) in [6.45, 7) is 9.74. The van der Waals surface area contributed by atoms with E-state index in [9.17, 15) is 19.2 Å². The molecule has 0 amide bonds. The third-order valence-corrected chi connectivity index (χ3v) is 18.4. The van der Waals surface area contributed by atoms with Crippen molar-refractivity contribution < 1.29 is 72.1 Å². The summed E-state index contributed by atoms with van der Waals surface area (Å²) in [4.78, 5) is 50.1. The molecule has 2 heterocycles. The van der Waals surface area contributed by atoms with Gasteiger partial charge in [0.15, 0.2) is 37.8 Å². The summed E-state index contributed by atoms with van der Waals surface area (Å²) in [5, 5.41) is 0. The largest absolute Gasteiger partial charge is 1.00 e. The molecule has 0 saturated carbocycles. The Hall–Kier alpha value is -4.28. The molecule has 2 aromatic heterocycles. The number of allylic oxidation sites excluding steroid dienone is 8. The van der Waals surface area contributed by atoms with Crippen LogP contribution in [0.5, 0.6) is 5.75 Å². The third kappa shape index (κ3) is 67.9. The van der Waals surface area contributed by atoms with E-state index in [2.05, 4.69) is 76.3 Å². The molecule has 1 unspecified atom stereocenters. The molecule has 2 aromatic rings. The predicted octanol–water partition coefficient (Wildman–Crippen LogP) is 19.0. The van der Waals surface area contributed by atoms with Gasteiger partial charge in [-0.15, -0.1) is 0 Å². The Kier molecular flexibility index (Phi) is 76.1. The van der Waals surface area contributed by atoms with Crippen LogP contribution in [0, 0.1) is 0 Å². The van der Waals surface area contributed by atoms with Crippen molar-refractivity contribution in [2.24, 2.45) is 7.05 Å². The van der Waals surface area contributed by atoms with Crippen LogP contribution in [0.25, 0.3) is 0 Å². The summed E-state index contributed by atoms with van der Waals surface area (Å²) >= 11 is 0. The van der Waals surface area contributed by atoms with Crippen molar-refractivity contribution in [2.45, 2.75) is 407 Å². The molecule has 0 fully saturated rings. The first-order chi connectivity index (χ1) is 47.7. The van der Waals surface area contributed by atoms with E-state index in [0.717, 1.165) is 103 Å². The molecular weight excluding hydrogens is 1270 g/mol. The maximum absolute atomic E-state index is 12.7. The van der Waals surface area contributed by atoms with E-state index >= 15 is 0 Å². The zero-order valence-electron chi connectivity index (χ0n) is 64.5. The van der Waals surface area contributed by atoms with Crippen molar-refractivity contribution in [3.8, 4) is 5.75 Å². The number of pyridine rings is 2. The van der Waals surface area contributed by atoms with Gasteiger partial charge in [-0.2, -0.15) is 4.57 Å². The minimum atomic E-state index is -0.485. The Bertz CT molecular complexity index is 2220. The number of hydrogen-bond acceptors (Lipinski definition) is 8. The molecule has 0 radical (unpaired) electrons. The molecule has 0 aliphatic carbocycles. The fraction of sp³-hybridized carbons (Fsp3) is 0.747. The Morgan fingerprint density at radius 1 is 0.343 bits per heavy atom. The number of halogens is 2. The minimum absolute atomic E-state index is 0. The molecule has 570 valence electrons. The van der Waals surface area contributed by atoms with E-state index in [1.165, 1.54) is 231 Å². The van der Waals surface area contributed by atoms with Crippen LogP contribution in [0.3, 0.4) is 0 Å². The van der Waals surface area contributed by atoms with E-state index in [1.54, 1.807) is 6.07 Å². The summed E-state index contributed by atoms with van der Waals surface area (Å²) in [5.41, 5.74) is 0.702. The first-order valence-corrected chi connectivity index (χ1v) is 41.0. The van der Waals surface area contributed by atoms with Crippen molar-refractivity contribution in [1.82, 2.24) is 0 Å². The SMILES string of the molecule is CCCCCCCC/C=C\CCCCCCCC(=O)OCC(C[n+]1ccccc1)OC(=O)CCCCCCC/C=C\CCCCCCCC.CCCCCCCC/C=C\CCCCCCCC(=O)OCc1c(OC(=O)CCCCCCC/C=C\CCCCCCCC)ccc[n+]1C.[Cl-].[Cl-].